The van der Waals surface area contributed by atoms with E-state index in [1.165, 1.54) is 82.3 Å². The van der Waals surface area contributed by atoms with Crippen molar-refractivity contribution in [3.63, 3.8) is 0 Å². The SMILES string of the molecule is Brc1cc(-c2ccc3c(c2)c2c4ccccc4ccc2n3-c2ccccc2)cc(-c2ccc3c4ccccc4n(-c4ccccc4)c3c2)c1. The Balaban J connectivity index is 1.18. The Labute approximate surface area is 292 Å². The third-order valence-electron chi connectivity index (χ3n) is 9.92. The highest BCUT2D eigenvalue weighted by molar-refractivity contribution is 9.10. The average Bonchev–Trinajstić information content (AvgIpc) is 3.67. The summed E-state index contributed by atoms with van der Waals surface area (Å²) in [5.41, 5.74) is 11.9. The van der Waals surface area contributed by atoms with Gasteiger partial charge in [-0.05, 0) is 106 Å². The summed E-state index contributed by atoms with van der Waals surface area (Å²) < 4.78 is 5.84. The molecule has 0 radical (unpaired) electrons. The van der Waals surface area contributed by atoms with E-state index in [2.05, 4.69) is 201 Å². The Morgan fingerprint density at radius 2 is 0.878 bits per heavy atom. The molecule has 230 valence electrons. The smallest absolute Gasteiger partial charge is 0.0547 e. The fourth-order valence-corrected chi connectivity index (χ4v) is 8.25. The number of hydrogen-bond acceptors (Lipinski definition) is 0. The molecule has 49 heavy (non-hydrogen) atoms. The fourth-order valence-electron chi connectivity index (χ4n) is 7.75. The molecule has 0 fully saturated rings. The minimum atomic E-state index is 1.06. The molecular formula is C46H29BrN2. The van der Waals surface area contributed by atoms with Crippen molar-refractivity contribution in [2.75, 3.05) is 0 Å². The quantitative estimate of drug-likeness (QED) is 0.174. The summed E-state index contributed by atoms with van der Waals surface area (Å²) in [6, 6.07) is 63.9. The van der Waals surface area contributed by atoms with Gasteiger partial charge in [0.2, 0.25) is 0 Å². The second-order valence-corrected chi connectivity index (χ2v) is 13.6. The Morgan fingerprint density at radius 3 is 1.63 bits per heavy atom. The predicted octanol–water partition coefficient (Wildman–Crippen LogP) is 13.1. The van der Waals surface area contributed by atoms with Gasteiger partial charge in [-0.1, -0.05) is 119 Å². The maximum atomic E-state index is 3.88. The van der Waals surface area contributed by atoms with Crippen LogP contribution < -0.4 is 0 Å². The van der Waals surface area contributed by atoms with Crippen LogP contribution in [0.25, 0.3) is 88.0 Å². The largest absolute Gasteiger partial charge is 0.309 e. The minimum Gasteiger partial charge on any atom is -0.309 e. The Hall–Kier alpha value is -5.90. The van der Waals surface area contributed by atoms with Crippen molar-refractivity contribution in [3.05, 3.63) is 180 Å². The minimum absolute atomic E-state index is 1.06. The van der Waals surface area contributed by atoms with E-state index >= 15 is 0 Å². The Bertz CT molecular complexity index is 2880. The van der Waals surface area contributed by atoms with Crippen LogP contribution in [-0.4, -0.2) is 9.13 Å². The highest BCUT2D eigenvalue weighted by Gasteiger charge is 2.17. The first-order valence-electron chi connectivity index (χ1n) is 16.6. The van der Waals surface area contributed by atoms with E-state index in [0.29, 0.717) is 0 Å². The maximum Gasteiger partial charge on any atom is 0.0547 e. The zero-order chi connectivity index (χ0) is 32.5. The van der Waals surface area contributed by atoms with Crippen molar-refractivity contribution in [2.45, 2.75) is 0 Å². The first-order chi connectivity index (χ1) is 24.2. The summed E-state index contributed by atoms with van der Waals surface area (Å²) in [5.74, 6) is 0. The number of rotatable bonds is 4. The van der Waals surface area contributed by atoms with Gasteiger partial charge in [-0.2, -0.15) is 0 Å². The van der Waals surface area contributed by atoms with Crippen molar-refractivity contribution in [2.24, 2.45) is 0 Å². The molecule has 0 aliphatic rings. The van der Waals surface area contributed by atoms with E-state index in [9.17, 15) is 0 Å². The molecule has 0 bridgehead atoms. The van der Waals surface area contributed by atoms with E-state index in [-0.39, 0.29) is 0 Å². The number of fused-ring (bicyclic) bond motifs is 8. The van der Waals surface area contributed by atoms with Gasteiger partial charge in [0.05, 0.1) is 22.1 Å². The van der Waals surface area contributed by atoms with Gasteiger partial charge < -0.3 is 9.13 Å². The van der Waals surface area contributed by atoms with Crippen LogP contribution in [0, 0.1) is 0 Å². The molecule has 0 saturated carbocycles. The van der Waals surface area contributed by atoms with Crippen LogP contribution in [0.5, 0.6) is 0 Å². The molecule has 0 unspecified atom stereocenters. The first kappa shape index (κ1) is 28.1. The molecule has 0 aliphatic heterocycles. The second-order valence-electron chi connectivity index (χ2n) is 12.7. The van der Waals surface area contributed by atoms with Crippen LogP contribution >= 0.6 is 15.9 Å². The van der Waals surface area contributed by atoms with Gasteiger partial charge in [0, 0.05) is 37.4 Å². The van der Waals surface area contributed by atoms with E-state index in [0.717, 1.165) is 10.2 Å². The predicted molar refractivity (Wildman–Crippen MR) is 211 cm³/mol. The number of para-hydroxylation sites is 3. The van der Waals surface area contributed by atoms with Crippen molar-refractivity contribution in [3.8, 4) is 33.6 Å². The van der Waals surface area contributed by atoms with Crippen LogP contribution in [0.15, 0.2) is 180 Å². The van der Waals surface area contributed by atoms with Gasteiger partial charge in [-0.25, -0.2) is 0 Å². The topological polar surface area (TPSA) is 9.86 Å². The molecule has 0 spiro atoms. The van der Waals surface area contributed by atoms with E-state index in [4.69, 9.17) is 0 Å². The number of hydrogen-bond donors (Lipinski definition) is 0. The summed E-state index contributed by atoms with van der Waals surface area (Å²) in [5, 5.41) is 7.58. The summed E-state index contributed by atoms with van der Waals surface area (Å²) >= 11 is 3.88. The molecule has 2 aromatic heterocycles. The third kappa shape index (κ3) is 4.47. The monoisotopic (exact) mass is 688 g/mol. The molecule has 10 aromatic rings. The van der Waals surface area contributed by atoms with E-state index in [1.54, 1.807) is 0 Å². The normalized spacial score (nSPS) is 11.8. The number of aromatic nitrogens is 2. The fraction of sp³-hybridized carbons (Fsp3) is 0. The van der Waals surface area contributed by atoms with Crippen molar-refractivity contribution >= 4 is 70.3 Å². The molecular weight excluding hydrogens is 660 g/mol. The van der Waals surface area contributed by atoms with E-state index < -0.39 is 0 Å². The number of halogens is 1. The van der Waals surface area contributed by atoms with Crippen LogP contribution in [0.4, 0.5) is 0 Å². The molecule has 0 N–H and O–H groups in total. The lowest BCUT2D eigenvalue weighted by Crippen LogP contribution is -1.93. The number of nitrogens with zero attached hydrogens (tertiary/aromatic N) is 2. The van der Waals surface area contributed by atoms with Crippen LogP contribution in [-0.2, 0) is 0 Å². The Kier molecular flexibility index (Phi) is 6.37. The zero-order valence-corrected chi connectivity index (χ0v) is 28.1. The molecule has 0 amide bonds. The summed E-state index contributed by atoms with van der Waals surface area (Å²) in [4.78, 5) is 0. The molecule has 0 atom stereocenters. The molecule has 0 aliphatic carbocycles. The van der Waals surface area contributed by atoms with Crippen molar-refractivity contribution < 1.29 is 0 Å². The standard InChI is InChI=1S/C46H29BrN2/c47-35-26-33(25-34(27-35)32-19-22-40-39-17-9-10-18-42(39)49(45(40)29-32)37-14-5-2-6-15-37)31-21-23-43-41(28-31)46-38-16-8-7-11-30(38)20-24-44(46)48(43)36-12-3-1-4-13-36/h1-29H. The van der Waals surface area contributed by atoms with Gasteiger partial charge >= 0.3 is 0 Å². The van der Waals surface area contributed by atoms with Crippen molar-refractivity contribution in [1.29, 1.82) is 0 Å². The molecule has 2 heterocycles. The maximum absolute atomic E-state index is 3.88. The van der Waals surface area contributed by atoms with Crippen molar-refractivity contribution in [1.82, 2.24) is 9.13 Å². The highest BCUT2D eigenvalue weighted by Crippen LogP contribution is 2.41. The highest BCUT2D eigenvalue weighted by atomic mass is 79.9. The van der Waals surface area contributed by atoms with Gasteiger partial charge in [-0.15, -0.1) is 0 Å². The molecule has 0 saturated heterocycles. The Morgan fingerprint density at radius 1 is 0.327 bits per heavy atom. The lowest BCUT2D eigenvalue weighted by molar-refractivity contribution is 1.18. The van der Waals surface area contributed by atoms with Gasteiger partial charge in [0.25, 0.3) is 0 Å². The summed E-state index contributed by atoms with van der Waals surface area (Å²) in [6.07, 6.45) is 0. The molecule has 10 rings (SSSR count). The molecule has 8 aromatic carbocycles. The van der Waals surface area contributed by atoms with Crippen LogP contribution in [0.2, 0.25) is 0 Å². The summed E-state index contributed by atoms with van der Waals surface area (Å²) in [6.45, 7) is 0. The second kappa shape index (κ2) is 11.1. The van der Waals surface area contributed by atoms with Gasteiger partial charge in [0.15, 0.2) is 0 Å². The van der Waals surface area contributed by atoms with E-state index in [1.807, 2.05) is 0 Å². The average molecular weight is 690 g/mol. The summed E-state index contributed by atoms with van der Waals surface area (Å²) in [7, 11) is 0. The van der Waals surface area contributed by atoms with Crippen LogP contribution in [0.3, 0.4) is 0 Å². The van der Waals surface area contributed by atoms with Crippen LogP contribution in [0.1, 0.15) is 0 Å². The third-order valence-corrected chi connectivity index (χ3v) is 10.4. The van der Waals surface area contributed by atoms with Gasteiger partial charge in [0.1, 0.15) is 0 Å². The number of benzene rings is 8. The first-order valence-corrected chi connectivity index (χ1v) is 17.4. The molecule has 2 nitrogen and oxygen atoms in total. The zero-order valence-electron chi connectivity index (χ0n) is 26.5. The molecule has 3 heteroatoms. The lowest BCUT2D eigenvalue weighted by atomic mass is 9.96. The lowest BCUT2D eigenvalue weighted by Gasteiger charge is -2.11. The van der Waals surface area contributed by atoms with Gasteiger partial charge in [-0.3, -0.25) is 0 Å².